The zero-order chi connectivity index (χ0) is 15.1. The molecule has 21 heavy (non-hydrogen) atoms. The van der Waals surface area contributed by atoms with Gasteiger partial charge in [0.2, 0.25) is 0 Å². The number of nitrogen functional groups attached to an aromatic ring is 1. The van der Waals surface area contributed by atoms with Gasteiger partial charge in [-0.15, -0.1) is 0 Å². The Balaban J connectivity index is 2.14. The number of pyridine rings is 1. The largest absolute Gasteiger partial charge is 0.397 e. The lowest BCUT2D eigenvalue weighted by Gasteiger charge is -2.06. The molecule has 0 unspecified atom stereocenters. The average Bonchev–Trinajstić information content (AvgIpc) is 2.77. The van der Waals surface area contributed by atoms with E-state index in [4.69, 9.17) is 10.7 Å². The van der Waals surface area contributed by atoms with Crippen LogP contribution in [0, 0.1) is 13.8 Å². The molecule has 3 nitrogen and oxygen atoms in total. The Hall–Kier alpha value is -2.29. The van der Waals surface area contributed by atoms with Crippen molar-refractivity contribution in [2.75, 3.05) is 5.73 Å². The van der Waals surface area contributed by atoms with Gasteiger partial charge in [-0.25, -0.2) is 4.98 Å². The lowest BCUT2D eigenvalue weighted by molar-refractivity contribution is 0.867. The van der Waals surface area contributed by atoms with Crippen LogP contribution in [0.1, 0.15) is 36.6 Å². The van der Waals surface area contributed by atoms with Crippen molar-refractivity contribution in [3.05, 3.63) is 53.3 Å². The summed E-state index contributed by atoms with van der Waals surface area (Å²) in [6, 6.07) is 10.7. The number of aryl methyl sites for hydroxylation is 2. The summed E-state index contributed by atoms with van der Waals surface area (Å²) in [6.45, 7) is 8.50. The molecule has 0 aliphatic heterocycles. The number of aromatic nitrogens is 2. The molecule has 3 aromatic rings. The van der Waals surface area contributed by atoms with E-state index in [1.54, 1.807) is 0 Å². The normalized spacial score (nSPS) is 11.5. The molecule has 0 atom stereocenters. The van der Waals surface area contributed by atoms with Crippen LogP contribution in [-0.4, -0.2) is 9.38 Å². The third kappa shape index (κ3) is 2.29. The van der Waals surface area contributed by atoms with Gasteiger partial charge in [-0.1, -0.05) is 38.1 Å². The molecule has 0 spiro atoms. The molecule has 3 rings (SSSR count). The number of imidazole rings is 1. The maximum Gasteiger partial charge on any atom is 0.138 e. The fourth-order valence-electron chi connectivity index (χ4n) is 2.62. The highest BCUT2D eigenvalue weighted by Gasteiger charge is 2.11. The van der Waals surface area contributed by atoms with E-state index in [1.807, 2.05) is 19.2 Å². The smallest absolute Gasteiger partial charge is 0.138 e. The van der Waals surface area contributed by atoms with Gasteiger partial charge in [0.05, 0.1) is 11.4 Å². The number of hydrogen-bond donors (Lipinski definition) is 1. The van der Waals surface area contributed by atoms with Crippen LogP contribution in [0.2, 0.25) is 0 Å². The van der Waals surface area contributed by atoms with Crippen molar-refractivity contribution in [3.8, 4) is 11.3 Å². The molecule has 0 amide bonds. The van der Waals surface area contributed by atoms with E-state index in [2.05, 4.69) is 49.4 Å². The van der Waals surface area contributed by atoms with Gasteiger partial charge in [0.1, 0.15) is 5.65 Å². The standard InChI is InChI=1S/C18H21N3/c1-11(2)14-5-7-15(8-6-14)18-13(4)21-10-16(19)12(3)9-17(21)20-18/h5-11H,19H2,1-4H3. The molecular formula is C18H21N3. The van der Waals surface area contributed by atoms with Crippen LogP contribution >= 0.6 is 0 Å². The number of benzene rings is 1. The van der Waals surface area contributed by atoms with E-state index < -0.39 is 0 Å². The van der Waals surface area contributed by atoms with Gasteiger partial charge in [-0.05, 0) is 37.0 Å². The summed E-state index contributed by atoms with van der Waals surface area (Å²) >= 11 is 0. The van der Waals surface area contributed by atoms with Gasteiger partial charge in [-0.2, -0.15) is 0 Å². The van der Waals surface area contributed by atoms with Crippen LogP contribution in [0.4, 0.5) is 5.69 Å². The van der Waals surface area contributed by atoms with E-state index >= 15 is 0 Å². The first-order valence-corrected chi connectivity index (χ1v) is 7.32. The third-order valence-corrected chi connectivity index (χ3v) is 4.10. The molecule has 2 aromatic heterocycles. The average molecular weight is 279 g/mol. The van der Waals surface area contributed by atoms with Gasteiger partial charge < -0.3 is 10.1 Å². The summed E-state index contributed by atoms with van der Waals surface area (Å²) in [6.07, 6.45) is 1.96. The number of anilines is 1. The van der Waals surface area contributed by atoms with Crippen molar-refractivity contribution >= 4 is 11.3 Å². The molecule has 0 radical (unpaired) electrons. The maximum absolute atomic E-state index is 6.01. The Labute approximate surface area is 125 Å². The molecule has 2 N–H and O–H groups in total. The van der Waals surface area contributed by atoms with Crippen LogP contribution < -0.4 is 5.73 Å². The fourth-order valence-corrected chi connectivity index (χ4v) is 2.62. The Morgan fingerprint density at radius 1 is 1.10 bits per heavy atom. The Kier molecular flexibility index (Phi) is 3.20. The van der Waals surface area contributed by atoms with Crippen LogP contribution in [0.3, 0.4) is 0 Å². The predicted molar refractivity (Wildman–Crippen MR) is 88.6 cm³/mol. The van der Waals surface area contributed by atoms with Crippen LogP contribution in [0.15, 0.2) is 36.5 Å². The van der Waals surface area contributed by atoms with Gasteiger partial charge in [0.25, 0.3) is 0 Å². The van der Waals surface area contributed by atoms with E-state index in [9.17, 15) is 0 Å². The second-order valence-corrected chi connectivity index (χ2v) is 5.96. The number of fused-ring (bicyclic) bond motifs is 1. The molecule has 0 saturated carbocycles. The van der Waals surface area contributed by atoms with Gasteiger partial charge in [0, 0.05) is 17.5 Å². The van der Waals surface area contributed by atoms with Crippen LogP contribution in [-0.2, 0) is 0 Å². The molecule has 0 bridgehead atoms. The first-order chi connectivity index (χ1) is 9.97. The second-order valence-electron chi connectivity index (χ2n) is 5.96. The van der Waals surface area contributed by atoms with Crippen molar-refractivity contribution in [2.24, 2.45) is 0 Å². The van der Waals surface area contributed by atoms with E-state index in [-0.39, 0.29) is 0 Å². The Morgan fingerprint density at radius 2 is 1.76 bits per heavy atom. The summed E-state index contributed by atoms with van der Waals surface area (Å²) in [7, 11) is 0. The monoisotopic (exact) mass is 279 g/mol. The number of hydrogen-bond acceptors (Lipinski definition) is 2. The molecule has 0 aliphatic rings. The second kappa shape index (κ2) is 4.92. The molecule has 2 heterocycles. The van der Waals surface area contributed by atoms with Crippen molar-refractivity contribution in [1.29, 1.82) is 0 Å². The summed E-state index contributed by atoms with van der Waals surface area (Å²) < 4.78 is 2.06. The summed E-state index contributed by atoms with van der Waals surface area (Å²) in [5.74, 6) is 0.545. The first kappa shape index (κ1) is 13.7. The van der Waals surface area contributed by atoms with Gasteiger partial charge in [0.15, 0.2) is 0 Å². The maximum atomic E-state index is 6.01. The van der Waals surface area contributed by atoms with Gasteiger partial charge in [-0.3, -0.25) is 0 Å². The number of rotatable bonds is 2. The highest BCUT2D eigenvalue weighted by molar-refractivity contribution is 5.68. The molecule has 1 aromatic carbocycles. The van der Waals surface area contributed by atoms with Crippen molar-refractivity contribution in [3.63, 3.8) is 0 Å². The first-order valence-electron chi connectivity index (χ1n) is 7.32. The number of nitrogens with zero attached hydrogens (tertiary/aromatic N) is 2. The van der Waals surface area contributed by atoms with Crippen LogP contribution in [0.25, 0.3) is 16.9 Å². The lowest BCUT2D eigenvalue weighted by atomic mass is 10.0. The molecule has 108 valence electrons. The predicted octanol–water partition coefficient (Wildman–Crippen LogP) is 4.32. The minimum atomic E-state index is 0.545. The quantitative estimate of drug-likeness (QED) is 0.759. The molecule has 0 saturated heterocycles. The summed E-state index contributed by atoms with van der Waals surface area (Å²) in [5.41, 5.74) is 13.5. The zero-order valence-electron chi connectivity index (χ0n) is 13.0. The minimum Gasteiger partial charge on any atom is -0.397 e. The number of nitrogens with two attached hydrogens (primary N) is 1. The highest BCUT2D eigenvalue weighted by atomic mass is 15.0. The summed E-state index contributed by atoms with van der Waals surface area (Å²) in [5, 5.41) is 0. The van der Waals surface area contributed by atoms with E-state index in [0.717, 1.165) is 33.8 Å². The highest BCUT2D eigenvalue weighted by Crippen LogP contribution is 2.27. The zero-order valence-corrected chi connectivity index (χ0v) is 13.0. The topological polar surface area (TPSA) is 43.3 Å². The van der Waals surface area contributed by atoms with Crippen molar-refractivity contribution in [2.45, 2.75) is 33.6 Å². The van der Waals surface area contributed by atoms with Crippen molar-refractivity contribution in [1.82, 2.24) is 9.38 Å². The van der Waals surface area contributed by atoms with E-state index in [0.29, 0.717) is 5.92 Å². The fraction of sp³-hybridized carbons (Fsp3) is 0.278. The Morgan fingerprint density at radius 3 is 2.38 bits per heavy atom. The molecule has 0 fully saturated rings. The molecule has 0 aliphatic carbocycles. The van der Waals surface area contributed by atoms with Crippen molar-refractivity contribution < 1.29 is 0 Å². The molecule has 3 heteroatoms. The van der Waals surface area contributed by atoms with Gasteiger partial charge >= 0.3 is 0 Å². The van der Waals surface area contributed by atoms with Crippen LogP contribution in [0.5, 0.6) is 0 Å². The van der Waals surface area contributed by atoms with E-state index in [1.165, 1.54) is 5.56 Å². The summed E-state index contributed by atoms with van der Waals surface area (Å²) in [4.78, 5) is 4.77. The SMILES string of the molecule is Cc1cc2nc(-c3ccc(C(C)C)cc3)c(C)n2cc1N. The lowest BCUT2D eigenvalue weighted by Crippen LogP contribution is -1.95. The Bertz CT molecular complexity index is 795. The minimum absolute atomic E-state index is 0.545. The molecular weight excluding hydrogens is 258 g/mol. The third-order valence-electron chi connectivity index (χ3n) is 4.10.